The Balaban J connectivity index is 2.92. The fourth-order valence-electron chi connectivity index (χ4n) is 3.34. The van der Waals surface area contributed by atoms with Gasteiger partial charge < -0.3 is 43.4 Å². The molecule has 0 aromatic heterocycles. The standard InChI is InChI=1S/C24H39N7O6/c1-3-14(2)19(25)22(35)29-16(10-7-11-28-24(26)27)20(33)31-18(13-32)21(34)30-17(23(36)37)12-15-8-5-4-6-9-15/h4-6,8-9,14,16-19,32H,3,7,10-13,25H2,1-2H3,(H,29,35)(H,30,34)(H,31,33)(H,36,37)(H4,26,27,28). The van der Waals surface area contributed by atoms with Crippen molar-refractivity contribution >= 4 is 29.7 Å². The first-order valence-electron chi connectivity index (χ1n) is 12.1. The van der Waals surface area contributed by atoms with Crippen molar-refractivity contribution in [2.24, 2.45) is 28.1 Å². The number of rotatable bonds is 16. The van der Waals surface area contributed by atoms with Crippen LogP contribution in [0, 0.1) is 5.92 Å². The number of benzene rings is 1. The number of guanidine groups is 1. The van der Waals surface area contributed by atoms with Crippen molar-refractivity contribution < 1.29 is 29.4 Å². The highest BCUT2D eigenvalue weighted by atomic mass is 16.4. The number of carboxylic acid groups (broad SMARTS) is 1. The first kappa shape index (κ1) is 31.3. The fourth-order valence-corrected chi connectivity index (χ4v) is 3.34. The zero-order chi connectivity index (χ0) is 28.0. The summed E-state index contributed by atoms with van der Waals surface area (Å²) in [6, 6.07) is 3.98. The van der Waals surface area contributed by atoms with E-state index in [1.54, 1.807) is 37.3 Å². The molecule has 11 N–H and O–H groups in total. The highest BCUT2D eigenvalue weighted by Crippen LogP contribution is 2.08. The van der Waals surface area contributed by atoms with Crippen molar-refractivity contribution in [1.29, 1.82) is 0 Å². The fraction of sp³-hybridized carbons (Fsp3) is 0.542. The van der Waals surface area contributed by atoms with Gasteiger partial charge in [-0.2, -0.15) is 0 Å². The molecule has 37 heavy (non-hydrogen) atoms. The van der Waals surface area contributed by atoms with E-state index in [9.17, 15) is 29.4 Å². The van der Waals surface area contributed by atoms with Crippen LogP contribution < -0.4 is 33.2 Å². The van der Waals surface area contributed by atoms with Gasteiger partial charge in [-0.15, -0.1) is 0 Å². The average molecular weight is 522 g/mol. The number of aliphatic hydroxyl groups excluding tert-OH is 1. The molecule has 0 fully saturated rings. The summed E-state index contributed by atoms with van der Waals surface area (Å²) in [6.45, 7) is 3.09. The summed E-state index contributed by atoms with van der Waals surface area (Å²) in [4.78, 5) is 53.9. The smallest absolute Gasteiger partial charge is 0.326 e. The number of nitrogens with two attached hydrogens (primary N) is 3. The monoisotopic (exact) mass is 521 g/mol. The van der Waals surface area contributed by atoms with Crippen molar-refractivity contribution in [1.82, 2.24) is 16.0 Å². The molecular formula is C24H39N7O6. The number of carboxylic acids is 1. The average Bonchev–Trinajstić information content (AvgIpc) is 2.87. The maximum absolute atomic E-state index is 13.0. The third kappa shape index (κ3) is 11.3. The van der Waals surface area contributed by atoms with E-state index in [0.29, 0.717) is 18.4 Å². The van der Waals surface area contributed by atoms with Crippen LogP contribution in [0.1, 0.15) is 38.7 Å². The van der Waals surface area contributed by atoms with Crippen molar-refractivity contribution in [3.63, 3.8) is 0 Å². The lowest BCUT2D eigenvalue weighted by atomic mass is 9.98. The first-order valence-corrected chi connectivity index (χ1v) is 12.1. The highest BCUT2D eigenvalue weighted by Gasteiger charge is 2.30. The van der Waals surface area contributed by atoms with Gasteiger partial charge in [-0.05, 0) is 24.3 Å². The number of amides is 3. The van der Waals surface area contributed by atoms with Gasteiger partial charge in [0.2, 0.25) is 17.7 Å². The maximum atomic E-state index is 13.0. The third-order valence-electron chi connectivity index (χ3n) is 5.85. The van der Waals surface area contributed by atoms with Gasteiger partial charge in [0.05, 0.1) is 12.6 Å². The number of aliphatic imine (C=N–C) groups is 1. The number of hydrogen-bond acceptors (Lipinski definition) is 7. The van der Waals surface area contributed by atoms with Crippen LogP contribution in [0.15, 0.2) is 35.3 Å². The summed E-state index contributed by atoms with van der Waals surface area (Å²) in [5, 5.41) is 26.6. The lowest BCUT2D eigenvalue weighted by Gasteiger charge is -2.25. The van der Waals surface area contributed by atoms with Gasteiger partial charge in [0.1, 0.15) is 18.1 Å². The minimum Gasteiger partial charge on any atom is -0.480 e. The SMILES string of the molecule is CCC(C)C(N)C(=O)NC(CCCN=C(N)N)C(=O)NC(CO)C(=O)NC(Cc1ccccc1)C(=O)O. The molecule has 0 aliphatic heterocycles. The molecule has 5 unspecified atom stereocenters. The van der Waals surface area contributed by atoms with Crippen molar-refractivity contribution in [3.05, 3.63) is 35.9 Å². The summed E-state index contributed by atoms with van der Waals surface area (Å²) in [5.41, 5.74) is 17.3. The maximum Gasteiger partial charge on any atom is 0.326 e. The number of nitrogens with one attached hydrogen (secondary N) is 3. The van der Waals surface area contributed by atoms with Gasteiger partial charge in [-0.25, -0.2) is 4.79 Å². The van der Waals surface area contributed by atoms with Crippen LogP contribution in [0.4, 0.5) is 0 Å². The Kier molecular flexibility index (Phi) is 13.6. The minimum absolute atomic E-state index is 0.00494. The van der Waals surface area contributed by atoms with Gasteiger partial charge >= 0.3 is 5.97 Å². The molecule has 0 aliphatic rings. The van der Waals surface area contributed by atoms with E-state index in [-0.39, 0.29) is 31.3 Å². The molecule has 3 amide bonds. The van der Waals surface area contributed by atoms with Gasteiger partial charge in [0.15, 0.2) is 5.96 Å². The number of hydrogen-bond donors (Lipinski definition) is 8. The van der Waals surface area contributed by atoms with E-state index < -0.39 is 54.5 Å². The van der Waals surface area contributed by atoms with Crippen molar-refractivity contribution in [3.8, 4) is 0 Å². The zero-order valence-corrected chi connectivity index (χ0v) is 21.2. The minimum atomic E-state index is -1.45. The summed E-state index contributed by atoms with van der Waals surface area (Å²) in [6.07, 6.45) is 1.09. The lowest BCUT2D eigenvalue weighted by Crippen LogP contribution is -2.58. The van der Waals surface area contributed by atoms with Gasteiger partial charge in [-0.1, -0.05) is 50.6 Å². The summed E-state index contributed by atoms with van der Waals surface area (Å²) >= 11 is 0. The van der Waals surface area contributed by atoms with Gasteiger partial charge in [0.25, 0.3) is 0 Å². The Bertz CT molecular complexity index is 923. The lowest BCUT2D eigenvalue weighted by molar-refractivity contribution is -0.142. The Morgan fingerprint density at radius 1 is 0.946 bits per heavy atom. The van der Waals surface area contributed by atoms with Crippen LogP contribution >= 0.6 is 0 Å². The van der Waals surface area contributed by atoms with Crippen LogP contribution in [0.5, 0.6) is 0 Å². The molecule has 13 heteroatoms. The molecule has 1 aromatic carbocycles. The predicted molar refractivity (Wildman–Crippen MR) is 138 cm³/mol. The molecule has 0 bridgehead atoms. The molecule has 0 spiro atoms. The van der Waals surface area contributed by atoms with Crippen LogP contribution in [0.2, 0.25) is 0 Å². The second-order valence-electron chi connectivity index (χ2n) is 8.75. The highest BCUT2D eigenvalue weighted by molar-refractivity contribution is 5.94. The van der Waals surface area contributed by atoms with E-state index in [0.717, 1.165) is 0 Å². The molecule has 13 nitrogen and oxygen atoms in total. The largest absolute Gasteiger partial charge is 0.480 e. The normalized spacial score (nSPS) is 14.8. The Morgan fingerprint density at radius 3 is 2.05 bits per heavy atom. The number of aliphatic hydroxyl groups is 1. The van der Waals surface area contributed by atoms with E-state index in [1.807, 2.05) is 6.92 Å². The molecular weight excluding hydrogens is 482 g/mol. The molecule has 0 saturated heterocycles. The van der Waals surface area contributed by atoms with E-state index in [2.05, 4.69) is 20.9 Å². The molecule has 206 valence electrons. The summed E-state index contributed by atoms with van der Waals surface area (Å²) < 4.78 is 0. The first-order chi connectivity index (χ1) is 17.5. The number of carbonyl (C=O) groups is 4. The molecule has 0 heterocycles. The molecule has 0 radical (unpaired) electrons. The second kappa shape index (κ2) is 16.1. The van der Waals surface area contributed by atoms with Crippen LogP contribution in [-0.2, 0) is 25.6 Å². The summed E-state index contributed by atoms with van der Waals surface area (Å²) in [5.74, 6) is -3.72. The van der Waals surface area contributed by atoms with Crippen LogP contribution in [0.3, 0.4) is 0 Å². The Morgan fingerprint density at radius 2 is 1.51 bits per heavy atom. The topological polar surface area (TPSA) is 235 Å². The Hall–Kier alpha value is -3.71. The van der Waals surface area contributed by atoms with Crippen molar-refractivity contribution in [2.75, 3.05) is 13.2 Å². The van der Waals surface area contributed by atoms with E-state index in [1.165, 1.54) is 0 Å². The molecule has 0 aliphatic carbocycles. The van der Waals surface area contributed by atoms with E-state index in [4.69, 9.17) is 17.2 Å². The number of carbonyl (C=O) groups excluding carboxylic acids is 3. The van der Waals surface area contributed by atoms with Gasteiger partial charge in [0, 0.05) is 13.0 Å². The predicted octanol–water partition coefficient (Wildman–Crippen LogP) is -1.81. The zero-order valence-electron chi connectivity index (χ0n) is 21.2. The molecule has 1 aromatic rings. The Labute approximate surface area is 216 Å². The quantitative estimate of drug-likeness (QED) is 0.0694. The van der Waals surface area contributed by atoms with Crippen LogP contribution in [0.25, 0.3) is 0 Å². The molecule has 0 saturated carbocycles. The van der Waals surface area contributed by atoms with Crippen molar-refractivity contribution in [2.45, 2.75) is 63.7 Å². The van der Waals surface area contributed by atoms with E-state index >= 15 is 0 Å². The summed E-state index contributed by atoms with van der Waals surface area (Å²) in [7, 11) is 0. The third-order valence-corrected chi connectivity index (χ3v) is 5.85. The molecule has 5 atom stereocenters. The number of aliphatic carboxylic acids is 1. The van der Waals surface area contributed by atoms with Gasteiger partial charge in [-0.3, -0.25) is 19.4 Å². The second-order valence-corrected chi connectivity index (χ2v) is 8.75. The van der Waals surface area contributed by atoms with Crippen LogP contribution in [-0.4, -0.2) is 77.2 Å². The number of nitrogens with zero attached hydrogens (tertiary/aromatic N) is 1. The molecule has 1 rings (SSSR count).